The zero-order chi connectivity index (χ0) is 13.8. The van der Waals surface area contributed by atoms with Crippen LogP contribution in [0.15, 0.2) is 24.3 Å². The third kappa shape index (κ3) is 3.47. The molecule has 104 valence electrons. The highest BCUT2D eigenvalue weighted by Gasteiger charge is 2.30. The van der Waals surface area contributed by atoms with Crippen molar-refractivity contribution in [2.24, 2.45) is 11.7 Å². The average molecular weight is 262 g/mol. The predicted octanol–water partition coefficient (Wildman–Crippen LogP) is 1.87. The molecule has 2 unspecified atom stereocenters. The number of hydrogen-bond donors (Lipinski definition) is 2. The van der Waals surface area contributed by atoms with E-state index in [9.17, 15) is 9.90 Å². The van der Waals surface area contributed by atoms with Crippen LogP contribution < -0.4 is 5.73 Å². The average Bonchev–Trinajstić information content (AvgIpc) is 2.38. The van der Waals surface area contributed by atoms with Crippen LogP contribution in [0.25, 0.3) is 0 Å². The molecule has 1 aromatic carbocycles. The van der Waals surface area contributed by atoms with Crippen LogP contribution in [0.5, 0.6) is 5.75 Å². The van der Waals surface area contributed by atoms with Gasteiger partial charge in [0.15, 0.2) is 0 Å². The minimum Gasteiger partial charge on any atom is -0.508 e. The first-order valence-electron chi connectivity index (χ1n) is 6.86. The van der Waals surface area contributed by atoms with Crippen LogP contribution >= 0.6 is 0 Å². The lowest BCUT2D eigenvalue weighted by molar-refractivity contribution is -0.136. The zero-order valence-electron chi connectivity index (χ0n) is 11.4. The molecule has 4 heteroatoms. The van der Waals surface area contributed by atoms with Crippen molar-refractivity contribution in [3.05, 3.63) is 29.8 Å². The molecule has 2 atom stereocenters. The number of benzene rings is 1. The molecule has 1 saturated carbocycles. The van der Waals surface area contributed by atoms with Crippen LogP contribution in [0.2, 0.25) is 0 Å². The van der Waals surface area contributed by atoms with E-state index in [0.29, 0.717) is 6.54 Å². The molecule has 0 heterocycles. The van der Waals surface area contributed by atoms with Crippen molar-refractivity contribution in [2.45, 2.75) is 38.3 Å². The SMILES string of the molecule is CN(Cc1cccc(O)c1)C(=O)C1CCCCC1N. The standard InChI is InChI=1S/C15H22N2O2/c1-17(10-11-5-4-6-12(18)9-11)15(19)13-7-2-3-8-14(13)16/h4-6,9,13-14,18H,2-3,7-8,10,16H2,1H3. The van der Waals surface area contributed by atoms with Crippen molar-refractivity contribution in [1.29, 1.82) is 0 Å². The first-order valence-corrected chi connectivity index (χ1v) is 6.86. The summed E-state index contributed by atoms with van der Waals surface area (Å²) in [5.74, 6) is 0.305. The Morgan fingerprint density at radius 1 is 1.42 bits per heavy atom. The molecule has 0 saturated heterocycles. The summed E-state index contributed by atoms with van der Waals surface area (Å²) in [6, 6.07) is 7.00. The summed E-state index contributed by atoms with van der Waals surface area (Å²) in [5.41, 5.74) is 6.98. The summed E-state index contributed by atoms with van der Waals surface area (Å²) in [4.78, 5) is 14.1. The van der Waals surface area contributed by atoms with Gasteiger partial charge in [-0.05, 0) is 30.5 Å². The fourth-order valence-corrected chi connectivity index (χ4v) is 2.76. The number of nitrogens with two attached hydrogens (primary N) is 1. The molecule has 0 aromatic heterocycles. The molecule has 1 fully saturated rings. The Bertz CT molecular complexity index is 448. The molecule has 2 rings (SSSR count). The molecular formula is C15H22N2O2. The monoisotopic (exact) mass is 262 g/mol. The number of phenolic OH excluding ortho intramolecular Hbond substituents is 1. The highest BCUT2D eigenvalue weighted by atomic mass is 16.3. The number of carbonyl (C=O) groups excluding carboxylic acids is 1. The Morgan fingerprint density at radius 2 is 2.16 bits per heavy atom. The molecule has 1 amide bonds. The van der Waals surface area contributed by atoms with Gasteiger partial charge in [-0.2, -0.15) is 0 Å². The summed E-state index contributed by atoms with van der Waals surface area (Å²) in [5, 5.41) is 9.43. The number of nitrogens with zero attached hydrogens (tertiary/aromatic N) is 1. The lowest BCUT2D eigenvalue weighted by atomic mass is 9.84. The van der Waals surface area contributed by atoms with Crippen LogP contribution in [0.1, 0.15) is 31.2 Å². The van der Waals surface area contributed by atoms with Crippen LogP contribution in [0, 0.1) is 5.92 Å². The van der Waals surface area contributed by atoms with Gasteiger partial charge in [-0.25, -0.2) is 0 Å². The molecular weight excluding hydrogens is 240 g/mol. The Kier molecular flexibility index (Phi) is 4.43. The maximum Gasteiger partial charge on any atom is 0.227 e. The number of aromatic hydroxyl groups is 1. The third-order valence-corrected chi connectivity index (χ3v) is 3.84. The van der Waals surface area contributed by atoms with Crippen LogP contribution in [0.4, 0.5) is 0 Å². The van der Waals surface area contributed by atoms with Crippen molar-refractivity contribution in [1.82, 2.24) is 4.90 Å². The van der Waals surface area contributed by atoms with Gasteiger partial charge in [0, 0.05) is 19.6 Å². The van der Waals surface area contributed by atoms with Gasteiger partial charge < -0.3 is 15.7 Å². The lowest BCUT2D eigenvalue weighted by Crippen LogP contribution is -2.44. The van der Waals surface area contributed by atoms with Gasteiger partial charge in [0.25, 0.3) is 0 Å². The molecule has 1 aliphatic carbocycles. The number of hydrogen-bond acceptors (Lipinski definition) is 3. The highest BCUT2D eigenvalue weighted by Crippen LogP contribution is 2.25. The van der Waals surface area contributed by atoms with Crippen molar-refractivity contribution >= 4 is 5.91 Å². The van der Waals surface area contributed by atoms with Crippen molar-refractivity contribution in [3.8, 4) is 5.75 Å². The fourth-order valence-electron chi connectivity index (χ4n) is 2.76. The highest BCUT2D eigenvalue weighted by molar-refractivity contribution is 5.79. The van der Waals surface area contributed by atoms with E-state index >= 15 is 0 Å². The lowest BCUT2D eigenvalue weighted by Gasteiger charge is -2.31. The quantitative estimate of drug-likeness (QED) is 0.874. The maximum absolute atomic E-state index is 12.4. The van der Waals surface area contributed by atoms with Gasteiger partial charge in [0.2, 0.25) is 5.91 Å². The summed E-state index contributed by atoms with van der Waals surface area (Å²) < 4.78 is 0. The Hall–Kier alpha value is -1.55. The van der Waals surface area contributed by atoms with Crippen LogP contribution in [0.3, 0.4) is 0 Å². The van der Waals surface area contributed by atoms with Gasteiger partial charge in [-0.1, -0.05) is 25.0 Å². The second kappa shape index (κ2) is 6.06. The summed E-state index contributed by atoms with van der Waals surface area (Å²) in [6.07, 6.45) is 4.05. The first kappa shape index (κ1) is 13.9. The predicted molar refractivity (Wildman–Crippen MR) is 74.5 cm³/mol. The number of amides is 1. The minimum absolute atomic E-state index is 0.00660. The first-order chi connectivity index (χ1) is 9.08. The van der Waals surface area contributed by atoms with Crippen molar-refractivity contribution < 1.29 is 9.90 Å². The van der Waals surface area contributed by atoms with Crippen LogP contribution in [-0.2, 0) is 11.3 Å². The number of carbonyl (C=O) groups is 1. The van der Waals surface area contributed by atoms with Gasteiger partial charge >= 0.3 is 0 Å². The normalized spacial score (nSPS) is 23.1. The third-order valence-electron chi connectivity index (χ3n) is 3.84. The van der Waals surface area contributed by atoms with E-state index in [1.165, 1.54) is 0 Å². The van der Waals surface area contributed by atoms with Gasteiger partial charge in [0.1, 0.15) is 5.75 Å². The Labute approximate surface area is 114 Å². The molecule has 19 heavy (non-hydrogen) atoms. The second-order valence-electron chi connectivity index (χ2n) is 5.42. The minimum atomic E-state index is -0.0453. The molecule has 3 N–H and O–H groups in total. The zero-order valence-corrected chi connectivity index (χ0v) is 11.4. The molecule has 1 aromatic rings. The van der Waals surface area contributed by atoms with Crippen molar-refractivity contribution in [2.75, 3.05) is 7.05 Å². The molecule has 4 nitrogen and oxygen atoms in total. The summed E-state index contributed by atoms with van der Waals surface area (Å²) in [7, 11) is 1.80. The number of rotatable bonds is 3. The number of phenols is 1. The summed E-state index contributed by atoms with van der Waals surface area (Å²) >= 11 is 0. The molecule has 0 radical (unpaired) electrons. The van der Waals surface area contributed by atoms with E-state index in [2.05, 4.69) is 0 Å². The van der Waals surface area contributed by atoms with E-state index < -0.39 is 0 Å². The van der Waals surface area contributed by atoms with Crippen LogP contribution in [-0.4, -0.2) is 29.0 Å². The molecule has 0 aliphatic heterocycles. The van der Waals surface area contributed by atoms with E-state index in [-0.39, 0.29) is 23.6 Å². The molecule has 0 spiro atoms. The van der Waals surface area contributed by atoms with E-state index in [1.54, 1.807) is 30.1 Å². The molecule has 1 aliphatic rings. The maximum atomic E-state index is 12.4. The van der Waals surface area contributed by atoms with E-state index in [4.69, 9.17) is 5.73 Å². The summed E-state index contributed by atoms with van der Waals surface area (Å²) in [6.45, 7) is 0.510. The topological polar surface area (TPSA) is 66.6 Å². The second-order valence-corrected chi connectivity index (χ2v) is 5.42. The largest absolute Gasteiger partial charge is 0.508 e. The Balaban J connectivity index is 1.99. The fraction of sp³-hybridized carbons (Fsp3) is 0.533. The van der Waals surface area contributed by atoms with E-state index in [1.807, 2.05) is 6.07 Å². The molecule has 0 bridgehead atoms. The van der Waals surface area contributed by atoms with Crippen molar-refractivity contribution in [3.63, 3.8) is 0 Å². The smallest absolute Gasteiger partial charge is 0.227 e. The van der Waals surface area contributed by atoms with Gasteiger partial charge in [-0.3, -0.25) is 4.79 Å². The van der Waals surface area contributed by atoms with Gasteiger partial charge in [0.05, 0.1) is 5.92 Å². The van der Waals surface area contributed by atoms with E-state index in [0.717, 1.165) is 31.2 Å². The Morgan fingerprint density at radius 3 is 2.84 bits per heavy atom. The van der Waals surface area contributed by atoms with Gasteiger partial charge in [-0.15, -0.1) is 0 Å².